The molecule has 0 radical (unpaired) electrons. The molecule has 2 aromatic carbocycles. The van der Waals surface area contributed by atoms with E-state index in [0.717, 1.165) is 12.0 Å². The highest BCUT2D eigenvalue weighted by molar-refractivity contribution is 6.31. The molecule has 1 aliphatic heterocycles. The number of likely N-dealkylation sites (N-methyl/N-ethyl adjacent to an activating group) is 1. The van der Waals surface area contributed by atoms with E-state index in [9.17, 15) is 9.59 Å². The lowest BCUT2D eigenvalue weighted by atomic mass is 9.81. The van der Waals surface area contributed by atoms with Gasteiger partial charge in [0.05, 0.1) is 5.92 Å². The van der Waals surface area contributed by atoms with Crippen molar-refractivity contribution in [1.82, 2.24) is 10.2 Å². The minimum absolute atomic E-state index is 0.0188. The zero-order chi connectivity index (χ0) is 22.9. The zero-order valence-electron chi connectivity index (χ0n) is 18.5. The number of hydrogen-bond donors (Lipinski definition) is 2. The molecule has 7 heteroatoms. The van der Waals surface area contributed by atoms with Gasteiger partial charge in [-0.05, 0) is 47.2 Å². The molecule has 2 amide bonds. The molecule has 3 atom stereocenters. The van der Waals surface area contributed by atoms with E-state index in [1.54, 1.807) is 38.4 Å². The van der Waals surface area contributed by atoms with Crippen LogP contribution in [0.1, 0.15) is 50.3 Å². The normalized spacial score (nSPS) is 21.5. The fourth-order valence-corrected chi connectivity index (χ4v) is 4.39. The quantitative estimate of drug-likeness (QED) is 0.655. The molecular formula is C24H29Cl2N3O2. The number of carbonyl (C=O) groups excluding carboxylic acids is 2. The summed E-state index contributed by atoms with van der Waals surface area (Å²) in [7, 11) is 3.39. The smallest absolute Gasteiger partial charge is 0.240 e. The van der Waals surface area contributed by atoms with E-state index in [2.05, 4.69) is 31.4 Å². The lowest BCUT2D eigenvalue weighted by molar-refractivity contribution is -0.134. The van der Waals surface area contributed by atoms with Crippen LogP contribution in [-0.2, 0) is 9.59 Å². The van der Waals surface area contributed by atoms with Crippen molar-refractivity contribution in [3.05, 3.63) is 63.6 Å². The highest BCUT2D eigenvalue weighted by atomic mass is 35.5. The molecular weight excluding hydrogens is 433 g/mol. The topological polar surface area (TPSA) is 61.4 Å². The number of benzene rings is 2. The Bertz CT molecular complexity index is 985. The summed E-state index contributed by atoms with van der Waals surface area (Å²) in [6.07, 6.45) is 0.761. The summed E-state index contributed by atoms with van der Waals surface area (Å²) in [5, 5.41) is 7.61. The predicted molar refractivity (Wildman–Crippen MR) is 127 cm³/mol. The monoisotopic (exact) mass is 461 g/mol. The fourth-order valence-electron chi connectivity index (χ4n) is 4.02. The lowest BCUT2D eigenvalue weighted by Gasteiger charge is -2.37. The Kier molecular flexibility index (Phi) is 6.99. The lowest BCUT2D eigenvalue weighted by Crippen LogP contribution is -2.53. The van der Waals surface area contributed by atoms with E-state index < -0.39 is 12.0 Å². The molecule has 0 fully saturated rings. The van der Waals surface area contributed by atoms with Crippen LogP contribution >= 0.6 is 23.2 Å². The first-order chi connectivity index (χ1) is 14.5. The van der Waals surface area contributed by atoms with Crippen LogP contribution in [0.2, 0.25) is 10.0 Å². The van der Waals surface area contributed by atoms with Gasteiger partial charge >= 0.3 is 0 Å². The van der Waals surface area contributed by atoms with E-state index in [0.29, 0.717) is 21.3 Å². The SMILES string of the molecule is CN(C)C(=O)[C@@H]1N[C@H](CC(C)(C)C)c2ccc(Cl)cc2NC(=O)[C@H]1c1cccc(Cl)c1. The van der Waals surface area contributed by atoms with Gasteiger partial charge in [0.25, 0.3) is 0 Å². The van der Waals surface area contributed by atoms with Gasteiger partial charge in [-0.15, -0.1) is 0 Å². The van der Waals surface area contributed by atoms with Crippen LogP contribution in [-0.4, -0.2) is 36.9 Å². The van der Waals surface area contributed by atoms with Gasteiger partial charge in [0.2, 0.25) is 11.8 Å². The van der Waals surface area contributed by atoms with Crippen molar-refractivity contribution in [2.45, 2.75) is 45.2 Å². The molecule has 0 spiro atoms. The van der Waals surface area contributed by atoms with Crippen LogP contribution in [0.4, 0.5) is 5.69 Å². The third-order valence-corrected chi connectivity index (χ3v) is 5.85. The van der Waals surface area contributed by atoms with Gasteiger partial charge in [-0.3, -0.25) is 14.9 Å². The van der Waals surface area contributed by atoms with E-state index in [1.807, 2.05) is 18.2 Å². The van der Waals surface area contributed by atoms with Crippen molar-refractivity contribution >= 4 is 40.7 Å². The average molecular weight is 462 g/mol. The molecule has 0 bridgehead atoms. The second kappa shape index (κ2) is 9.19. The summed E-state index contributed by atoms with van der Waals surface area (Å²) in [5.41, 5.74) is 2.23. The maximum absolute atomic E-state index is 13.5. The molecule has 0 aliphatic carbocycles. The van der Waals surface area contributed by atoms with Crippen molar-refractivity contribution in [2.24, 2.45) is 5.41 Å². The Hall–Kier alpha value is -2.08. The Morgan fingerprint density at radius 3 is 2.35 bits per heavy atom. The average Bonchev–Trinajstić information content (AvgIpc) is 2.64. The van der Waals surface area contributed by atoms with Crippen LogP contribution in [0, 0.1) is 5.41 Å². The number of nitrogens with one attached hydrogen (secondary N) is 2. The van der Waals surface area contributed by atoms with E-state index in [-0.39, 0.29) is 23.3 Å². The Morgan fingerprint density at radius 1 is 1.06 bits per heavy atom. The summed E-state index contributed by atoms with van der Waals surface area (Å²) in [4.78, 5) is 28.3. The number of nitrogens with zero attached hydrogens (tertiary/aromatic N) is 1. The maximum atomic E-state index is 13.5. The minimum Gasteiger partial charge on any atom is -0.347 e. The number of anilines is 1. The molecule has 0 saturated heterocycles. The van der Waals surface area contributed by atoms with Crippen LogP contribution in [0.25, 0.3) is 0 Å². The van der Waals surface area contributed by atoms with Gasteiger partial charge in [0.15, 0.2) is 0 Å². The van der Waals surface area contributed by atoms with Gasteiger partial charge in [-0.1, -0.05) is 62.2 Å². The number of carbonyl (C=O) groups is 2. The fraction of sp³-hybridized carbons (Fsp3) is 0.417. The van der Waals surface area contributed by atoms with Crippen LogP contribution < -0.4 is 10.6 Å². The van der Waals surface area contributed by atoms with Crippen LogP contribution in [0.5, 0.6) is 0 Å². The van der Waals surface area contributed by atoms with Crippen LogP contribution in [0.3, 0.4) is 0 Å². The second-order valence-electron chi connectivity index (χ2n) is 9.45. The van der Waals surface area contributed by atoms with E-state index in [1.165, 1.54) is 4.90 Å². The molecule has 1 aliphatic rings. The van der Waals surface area contributed by atoms with Crippen LogP contribution in [0.15, 0.2) is 42.5 Å². The summed E-state index contributed by atoms with van der Waals surface area (Å²) in [6, 6.07) is 11.7. The molecule has 31 heavy (non-hydrogen) atoms. The summed E-state index contributed by atoms with van der Waals surface area (Å²) in [6.45, 7) is 6.45. The molecule has 3 rings (SSSR count). The van der Waals surface area contributed by atoms with Gasteiger partial charge in [0, 0.05) is 35.9 Å². The molecule has 2 aromatic rings. The van der Waals surface area contributed by atoms with Gasteiger partial charge in [-0.2, -0.15) is 0 Å². The Balaban J connectivity index is 2.18. The zero-order valence-corrected chi connectivity index (χ0v) is 20.0. The van der Waals surface area contributed by atoms with Gasteiger partial charge in [0.1, 0.15) is 6.04 Å². The first-order valence-electron chi connectivity index (χ1n) is 10.3. The molecule has 1 heterocycles. The van der Waals surface area contributed by atoms with E-state index >= 15 is 0 Å². The highest BCUT2D eigenvalue weighted by Crippen LogP contribution is 2.38. The first kappa shape index (κ1) is 23.6. The Labute approximate surface area is 194 Å². The largest absolute Gasteiger partial charge is 0.347 e. The number of fused-ring (bicyclic) bond motifs is 1. The number of amides is 2. The maximum Gasteiger partial charge on any atom is 0.240 e. The predicted octanol–water partition coefficient (Wildman–Crippen LogP) is 5.25. The number of halogens is 2. The van der Waals surface area contributed by atoms with Gasteiger partial charge in [-0.25, -0.2) is 0 Å². The van der Waals surface area contributed by atoms with Crippen molar-refractivity contribution in [3.63, 3.8) is 0 Å². The van der Waals surface area contributed by atoms with Gasteiger partial charge < -0.3 is 10.2 Å². The number of rotatable bonds is 3. The van der Waals surface area contributed by atoms with Crippen molar-refractivity contribution in [3.8, 4) is 0 Å². The van der Waals surface area contributed by atoms with E-state index in [4.69, 9.17) is 23.2 Å². The molecule has 2 N–H and O–H groups in total. The third kappa shape index (κ3) is 5.59. The van der Waals surface area contributed by atoms with Crippen molar-refractivity contribution in [1.29, 1.82) is 0 Å². The van der Waals surface area contributed by atoms with Crippen molar-refractivity contribution in [2.75, 3.05) is 19.4 Å². The molecule has 166 valence electrons. The second-order valence-corrected chi connectivity index (χ2v) is 10.3. The minimum atomic E-state index is -0.761. The standard InChI is InChI=1S/C24H29Cl2N3O2/c1-24(2,3)13-19-17-10-9-16(26)12-18(17)28-22(30)20(14-7-6-8-15(25)11-14)21(27-19)23(31)29(4)5/h6-12,19-21,27H,13H2,1-5H3,(H,28,30)/t19-,20+,21-/m1/s1. The van der Waals surface area contributed by atoms with Crippen molar-refractivity contribution < 1.29 is 9.59 Å². The summed E-state index contributed by atoms with van der Waals surface area (Å²) in [5.74, 6) is -1.22. The molecule has 5 nitrogen and oxygen atoms in total. The molecule has 0 aromatic heterocycles. The Morgan fingerprint density at radius 2 is 1.74 bits per heavy atom. The first-order valence-corrected chi connectivity index (χ1v) is 11.0. The third-order valence-electron chi connectivity index (χ3n) is 5.38. The highest BCUT2D eigenvalue weighted by Gasteiger charge is 2.40. The number of hydrogen-bond acceptors (Lipinski definition) is 3. The summed E-state index contributed by atoms with van der Waals surface area (Å²) >= 11 is 12.5. The molecule has 0 saturated carbocycles. The summed E-state index contributed by atoms with van der Waals surface area (Å²) < 4.78 is 0. The molecule has 0 unspecified atom stereocenters.